The predicted molar refractivity (Wildman–Crippen MR) is 64.7 cm³/mol. The van der Waals surface area contributed by atoms with Crippen LogP contribution in [0.4, 0.5) is 5.69 Å². The van der Waals surface area contributed by atoms with Gasteiger partial charge in [0.25, 0.3) is 0 Å². The number of carbonyl (C=O) groups is 2. The summed E-state index contributed by atoms with van der Waals surface area (Å²) in [5, 5.41) is 11.7. The molecule has 0 fully saturated rings. The van der Waals surface area contributed by atoms with Gasteiger partial charge >= 0.3 is 11.9 Å². The molecule has 0 saturated heterocycles. The third kappa shape index (κ3) is 3.97. The van der Waals surface area contributed by atoms with Crippen molar-refractivity contribution in [1.29, 1.82) is 0 Å². The van der Waals surface area contributed by atoms with Gasteiger partial charge in [-0.05, 0) is 24.3 Å². The second-order valence-corrected chi connectivity index (χ2v) is 3.54. The number of nitrogens with one attached hydrogen (secondary N) is 1. The molecule has 1 aromatic rings. The molecule has 0 bridgehead atoms. The Kier molecular flexibility index (Phi) is 4.98. The molecule has 0 amide bonds. The summed E-state index contributed by atoms with van der Waals surface area (Å²) in [5.41, 5.74) is 0.590. The van der Waals surface area contributed by atoms with E-state index in [2.05, 4.69) is 10.1 Å². The molecule has 2 N–H and O–H groups in total. The molecule has 1 rings (SSSR count). The van der Waals surface area contributed by atoms with Crippen LogP contribution in [0.1, 0.15) is 6.42 Å². The van der Waals surface area contributed by atoms with Crippen molar-refractivity contribution in [3.05, 3.63) is 24.3 Å². The summed E-state index contributed by atoms with van der Waals surface area (Å²) >= 11 is 0. The van der Waals surface area contributed by atoms with Crippen molar-refractivity contribution < 1.29 is 24.2 Å². The zero-order valence-corrected chi connectivity index (χ0v) is 10.2. The molecule has 18 heavy (non-hydrogen) atoms. The van der Waals surface area contributed by atoms with Crippen LogP contribution < -0.4 is 10.1 Å². The van der Waals surface area contributed by atoms with Gasteiger partial charge in [0.15, 0.2) is 0 Å². The van der Waals surface area contributed by atoms with Crippen molar-refractivity contribution >= 4 is 17.6 Å². The molecule has 6 nitrogen and oxygen atoms in total. The Bertz CT molecular complexity index is 415. The number of carbonyl (C=O) groups excluding carboxylic acids is 1. The Hall–Kier alpha value is -2.24. The molecule has 0 aliphatic carbocycles. The van der Waals surface area contributed by atoms with Gasteiger partial charge in [0.1, 0.15) is 11.8 Å². The van der Waals surface area contributed by atoms with Crippen LogP contribution in [0, 0.1) is 0 Å². The lowest BCUT2D eigenvalue weighted by molar-refractivity contribution is -0.146. The Labute approximate surface area is 105 Å². The molecule has 6 heteroatoms. The SMILES string of the molecule is COC(=O)CC(Nc1ccc(OC)cc1)C(=O)O. The van der Waals surface area contributed by atoms with Crippen LogP contribution in [0.25, 0.3) is 0 Å². The third-order valence-corrected chi connectivity index (χ3v) is 2.33. The number of methoxy groups -OCH3 is 2. The average Bonchev–Trinajstić information content (AvgIpc) is 2.38. The van der Waals surface area contributed by atoms with E-state index in [0.717, 1.165) is 0 Å². The smallest absolute Gasteiger partial charge is 0.326 e. The summed E-state index contributed by atoms with van der Waals surface area (Å²) in [5.74, 6) is -1.03. The largest absolute Gasteiger partial charge is 0.497 e. The van der Waals surface area contributed by atoms with E-state index in [9.17, 15) is 9.59 Å². The van der Waals surface area contributed by atoms with E-state index in [-0.39, 0.29) is 6.42 Å². The number of hydrogen-bond donors (Lipinski definition) is 2. The van der Waals surface area contributed by atoms with Gasteiger partial charge in [-0.2, -0.15) is 0 Å². The lowest BCUT2D eigenvalue weighted by Gasteiger charge is -2.14. The molecular formula is C12H15NO5. The normalized spacial score (nSPS) is 11.4. The number of carboxylic acid groups (broad SMARTS) is 1. The maximum absolute atomic E-state index is 11.1. The van der Waals surface area contributed by atoms with Crippen molar-refractivity contribution in [2.45, 2.75) is 12.5 Å². The summed E-state index contributed by atoms with van der Waals surface area (Å²) in [6.45, 7) is 0. The van der Waals surface area contributed by atoms with E-state index in [0.29, 0.717) is 11.4 Å². The quantitative estimate of drug-likeness (QED) is 0.739. The first kappa shape index (κ1) is 13.8. The van der Waals surface area contributed by atoms with Gasteiger partial charge in [0, 0.05) is 5.69 Å². The fourth-order valence-electron chi connectivity index (χ4n) is 1.34. The van der Waals surface area contributed by atoms with E-state index < -0.39 is 18.0 Å². The van der Waals surface area contributed by atoms with Gasteiger partial charge in [0.05, 0.1) is 20.6 Å². The maximum atomic E-state index is 11.1. The number of carboxylic acids is 1. The van der Waals surface area contributed by atoms with Crippen LogP contribution in [0.2, 0.25) is 0 Å². The molecule has 1 atom stereocenters. The predicted octanol–water partition coefficient (Wildman–Crippen LogP) is 1.12. The average molecular weight is 253 g/mol. The molecule has 0 saturated carbocycles. The summed E-state index contributed by atoms with van der Waals surface area (Å²) < 4.78 is 9.43. The minimum atomic E-state index is -1.11. The highest BCUT2D eigenvalue weighted by Gasteiger charge is 2.21. The van der Waals surface area contributed by atoms with Crippen molar-refractivity contribution in [2.75, 3.05) is 19.5 Å². The Balaban J connectivity index is 2.70. The van der Waals surface area contributed by atoms with Gasteiger partial charge in [-0.25, -0.2) is 4.79 Å². The standard InChI is InChI=1S/C12H15NO5/c1-17-9-5-3-8(4-6-9)13-10(12(15)16)7-11(14)18-2/h3-6,10,13H,7H2,1-2H3,(H,15,16). The van der Waals surface area contributed by atoms with Crippen LogP contribution in [0.3, 0.4) is 0 Å². The number of rotatable bonds is 6. The Morgan fingerprint density at radius 3 is 2.33 bits per heavy atom. The first-order valence-corrected chi connectivity index (χ1v) is 5.27. The second kappa shape index (κ2) is 6.48. The highest BCUT2D eigenvalue weighted by atomic mass is 16.5. The number of hydrogen-bond acceptors (Lipinski definition) is 5. The Morgan fingerprint density at radius 1 is 1.28 bits per heavy atom. The van der Waals surface area contributed by atoms with Crippen LogP contribution in [-0.4, -0.2) is 37.3 Å². The minimum Gasteiger partial charge on any atom is -0.497 e. The Morgan fingerprint density at radius 2 is 1.89 bits per heavy atom. The molecule has 98 valence electrons. The fraction of sp³-hybridized carbons (Fsp3) is 0.333. The fourth-order valence-corrected chi connectivity index (χ4v) is 1.34. The minimum absolute atomic E-state index is 0.238. The number of aliphatic carboxylic acids is 1. The molecule has 0 aromatic heterocycles. The molecule has 1 unspecified atom stereocenters. The number of anilines is 1. The first-order chi connectivity index (χ1) is 8.56. The lowest BCUT2D eigenvalue weighted by Crippen LogP contribution is -2.32. The summed E-state index contributed by atoms with van der Waals surface area (Å²) in [6.07, 6.45) is -0.238. The molecule has 0 aliphatic heterocycles. The maximum Gasteiger partial charge on any atom is 0.326 e. The highest BCUT2D eigenvalue weighted by Crippen LogP contribution is 2.16. The van der Waals surface area contributed by atoms with Crippen LogP contribution in [0.15, 0.2) is 24.3 Å². The zero-order valence-electron chi connectivity index (χ0n) is 10.2. The van der Waals surface area contributed by atoms with E-state index in [1.807, 2.05) is 0 Å². The molecule has 1 aromatic carbocycles. The molecule has 0 aliphatic rings. The van der Waals surface area contributed by atoms with Gasteiger partial charge < -0.3 is 19.9 Å². The zero-order chi connectivity index (χ0) is 13.5. The summed E-state index contributed by atoms with van der Waals surface area (Å²) in [4.78, 5) is 22.1. The van der Waals surface area contributed by atoms with E-state index in [4.69, 9.17) is 9.84 Å². The van der Waals surface area contributed by atoms with Crippen LogP contribution >= 0.6 is 0 Å². The van der Waals surface area contributed by atoms with Crippen LogP contribution in [0.5, 0.6) is 5.75 Å². The summed E-state index contributed by atoms with van der Waals surface area (Å²) in [6, 6.07) is 5.71. The highest BCUT2D eigenvalue weighted by molar-refractivity contribution is 5.84. The monoisotopic (exact) mass is 253 g/mol. The van der Waals surface area contributed by atoms with E-state index >= 15 is 0 Å². The molecule has 0 spiro atoms. The molecule has 0 radical (unpaired) electrons. The van der Waals surface area contributed by atoms with Crippen molar-refractivity contribution in [2.24, 2.45) is 0 Å². The number of ether oxygens (including phenoxy) is 2. The van der Waals surface area contributed by atoms with E-state index in [1.54, 1.807) is 31.4 Å². The van der Waals surface area contributed by atoms with Gasteiger partial charge in [-0.1, -0.05) is 0 Å². The summed E-state index contributed by atoms with van der Waals surface area (Å²) in [7, 11) is 2.76. The van der Waals surface area contributed by atoms with Crippen molar-refractivity contribution in [3.63, 3.8) is 0 Å². The van der Waals surface area contributed by atoms with Crippen molar-refractivity contribution in [3.8, 4) is 5.75 Å². The third-order valence-electron chi connectivity index (χ3n) is 2.33. The van der Waals surface area contributed by atoms with Crippen molar-refractivity contribution in [1.82, 2.24) is 0 Å². The van der Waals surface area contributed by atoms with Gasteiger partial charge in [-0.3, -0.25) is 4.79 Å². The number of benzene rings is 1. The number of esters is 1. The van der Waals surface area contributed by atoms with Crippen LogP contribution in [-0.2, 0) is 14.3 Å². The van der Waals surface area contributed by atoms with Gasteiger partial charge in [-0.15, -0.1) is 0 Å². The molecule has 0 heterocycles. The second-order valence-electron chi connectivity index (χ2n) is 3.54. The molecular weight excluding hydrogens is 238 g/mol. The van der Waals surface area contributed by atoms with Gasteiger partial charge in [0.2, 0.25) is 0 Å². The topological polar surface area (TPSA) is 84.9 Å². The van der Waals surface area contributed by atoms with E-state index in [1.165, 1.54) is 7.11 Å². The first-order valence-electron chi connectivity index (χ1n) is 5.27. The lowest BCUT2D eigenvalue weighted by atomic mass is 10.2.